The largest absolute Gasteiger partial charge is 0.381 e. The van der Waals surface area contributed by atoms with Gasteiger partial charge in [0.05, 0.1) is 16.1 Å². The molecule has 0 heterocycles. The lowest BCUT2D eigenvalue weighted by molar-refractivity contribution is 0.0483. The zero-order valence-electron chi connectivity index (χ0n) is 11.1. The maximum atomic E-state index is 13.3. The fraction of sp³-hybridized carbons (Fsp3) is 0.571. The Morgan fingerprint density at radius 1 is 1.58 bits per heavy atom. The van der Waals surface area contributed by atoms with E-state index in [-0.39, 0.29) is 17.5 Å². The highest BCUT2D eigenvalue weighted by atomic mass is 79.9. The minimum atomic E-state index is -0.259. The lowest BCUT2D eigenvalue weighted by Crippen LogP contribution is -2.50. The lowest BCUT2D eigenvalue weighted by Gasteiger charge is -2.41. The quantitative estimate of drug-likeness (QED) is 0.890. The molecule has 0 spiro atoms. The summed E-state index contributed by atoms with van der Waals surface area (Å²) in [5.74, 6) is -0.259. The lowest BCUT2D eigenvalue weighted by atomic mass is 9.80. The number of hydrogen-bond donors (Lipinski definition) is 2. The first-order valence-corrected chi connectivity index (χ1v) is 7.34. The van der Waals surface area contributed by atoms with Gasteiger partial charge in [-0.3, -0.25) is 0 Å². The topological polar surface area (TPSA) is 47.3 Å². The van der Waals surface area contributed by atoms with Crippen molar-refractivity contribution in [1.82, 2.24) is 0 Å². The van der Waals surface area contributed by atoms with E-state index in [9.17, 15) is 4.39 Å². The minimum absolute atomic E-state index is 0.157. The van der Waals surface area contributed by atoms with E-state index in [4.69, 9.17) is 10.5 Å². The summed E-state index contributed by atoms with van der Waals surface area (Å²) >= 11 is 3.21. The van der Waals surface area contributed by atoms with Crippen molar-refractivity contribution in [3.8, 4) is 0 Å². The molecule has 1 saturated carbocycles. The summed E-state index contributed by atoms with van der Waals surface area (Å²) in [6.07, 6.45) is 4.31. The van der Waals surface area contributed by atoms with Crippen molar-refractivity contribution >= 4 is 21.6 Å². The van der Waals surface area contributed by atoms with Crippen LogP contribution in [0.5, 0.6) is 0 Å². The second kappa shape index (κ2) is 6.20. The number of benzene rings is 1. The van der Waals surface area contributed by atoms with Gasteiger partial charge < -0.3 is 15.8 Å². The number of anilines is 1. The molecule has 106 valence electrons. The summed E-state index contributed by atoms with van der Waals surface area (Å²) in [5.41, 5.74) is 6.70. The molecule has 3 nitrogen and oxygen atoms in total. The molecule has 2 atom stereocenters. The number of hydrogen-bond acceptors (Lipinski definition) is 3. The van der Waals surface area contributed by atoms with E-state index in [2.05, 4.69) is 21.2 Å². The van der Waals surface area contributed by atoms with Gasteiger partial charge in [-0.1, -0.05) is 0 Å². The second-order valence-corrected chi connectivity index (χ2v) is 6.05. The van der Waals surface area contributed by atoms with Gasteiger partial charge in [-0.05, 0) is 59.8 Å². The maximum Gasteiger partial charge on any atom is 0.137 e. The van der Waals surface area contributed by atoms with Crippen LogP contribution < -0.4 is 11.1 Å². The monoisotopic (exact) mass is 330 g/mol. The van der Waals surface area contributed by atoms with Gasteiger partial charge in [-0.2, -0.15) is 0 Å². The molecule has 5 heteroatoms. The zero-order valence-corrected chi connectivity index (χ0v) is 12.7. The number of nitrogens with two attached hydrogens (primary N) is 1. The summed E-state index contributed by atoms with van der Waals surface area (Å²) in [6.45, 7) is 0.544. The smallest absolute Gasteiger partial charge is 0.137 e. The number of nitrogens with one attached hydrogen (secondary N) is 1. The molecular formula is C14H20BrFN2O. The van der Waals surface area contributed by atoms with Crippen LogP contribution in [0.1, 0.15) is 25.7 Å². The predicted molar refractivity (Wildman–Crippen MR) is 78.8 cm³/mol. The number of methoxy groups -OCH3 is 1. The third-order valence-corrected chi connectivity index (χ3v) is 4.46. The highest BCUT2D eigenvalue weighted by Gasteiger charge is 2.35. The molecule has 0 saturated heterocycles. The fourth-order valence-corrected chi connectivity index (χ4v) is 3.12. The van der Waals surface area contributed by atoms with Crippen molar-refractivity contribution in [3.63, 3.8) is 0 Å². The summed E-state index contributed by atoms with van der Waals surface area (Å²) in [5, 5.41) is 3.47. The van der Waals surface area contributed by atoms with Gasteiger partial charge in [0, 0.05) is 19.3 Å². The van der Waals surface area contributed by atoms with E-state index in [0.717, 1.165) is 31.4 Å². The molecule has 3 N–H and O–H groups in total. The minimum Gasteiger partial charge on any atom is -0.381 e. The average Bonchev–Trinajstić information content (AvgIpc) is 2.43. The summed E-state index contributed by atoms with van der Waals surface area (Å²) < 4.78 is 19.2. The Labute approximate surface area is 121 Å². The Hall–Kier alpha value is -0.650. The van der Waals surface area contributed by atoms with Crippen LogP contribution in [0, 0.1) is 5.82 Å². The molecule has 2 unspecified atom stereocenters. The van der Waals surface area contributed by atoms with Crippen molar-refractivity contribution in [2.45, 2.75) is 37.3 Å². The average molecular weight is 331 g/mol. The summed E-state index contributed by atoms with van der Waals surface area (Å²) in [6, 6.07) is 4.95. The van der Waals surface area contributed by atoms with Gasteiger partial charge in [0.15, 0.2) is 0 Å². The molecule has 0 bridgehead atoms. The van der Waals surface area contributed by atoms with Crippen LogP contribution in [-0.2, 0) is 4.74 Å². The normalized spacial score (nSPS) is 27.3. The Morgan fingerprint density at radius 3 is 3.00 bits per heavy atom. The van der Waals surface area contributed by atoms with E-state index in [0.29, 0.717) is 11.0 Å². The molecule has 0 aliphatic heterocycles. The van der Waals surface area contributed by atoms with Crippen LogP contribution >= 0.6 is 15.9 Å². The molecular weight excluding hydrogens is 311 g/mol. The van der Waals surface area contributed by atoms with Crippen molar-refractivity contribution in [1.29, 1.82) is 0 Å². The zero-order chi connectivity index (χ0) is 13.9. The van der Waals surface area contributed by atoms with Crippen molar-refractivity contribution < 1.29 is 9.13 Å². The molecule has 1 aromatic rings. The number of ether oxygens (including phenoxy) is 1. The third-order valence-electron chi connectivity index (χ3n) is 3.85. The predicted octanol–water partition coefficient (Wildman–Crippen LogP) is 3.29. The van der Waals surface area contributed by atoms with E-state index < -0.39 is 0 Å². The van der Waals surface area contributed by atoms with Gasteiger partial charge in [0.1, 0.15) is 5.82 Å². The molecule has 1 aromatic carbocycles. The molecule has 0 aromatic heterocycles. The summed E-state index contributed by atoms with van der Waals surface area (Å²) in [4.78, 5) is 0. The molecule has 1 aliphatic carbocycles. The molecule has 1 aliphatic rings. The van der Waals surface area contributed by atoms with Crippen LogP contribution in [0.2, 0.25) is 0 Å². The Balaban J connectivity index is 2.15. The van der Waals surface area contributed by atoms with Crippen molar-refractivity contribution in [2.75, 3.05) is 19.0 Å². The molecule has 0 radical (unpaired) electrons. The van der Waals surface area contributed by atoms with Crippen LogP contribution in [0.4, 0.5) is 10.1 Å². The first-order valence-electron chi connectivity index (χ1n) is 6.55. The van der Waals surface area contributed by atoms with Gasteiger partial charge in [-0.15, -0.1) is 0 Å². The van der Waals surface area contributed by atoms with Crippen LogP contribution in [0.3, 0.4) is 0 Å². The van der Waals surface area contributed by atoms with Crippen LogP contribution in [-0.4, -0.2) is 25.3 Å². The van der Waals surface area contributed by atoms with Gasteiger partial charge >= 0.3 is 0 Å². The first-order chi connectivity index (χ1) is 9.08. The van der Waals surface area contributed by atoms with Gasteiger partial charge in [0.2, 0.25) is 0 Å². The van der Waals surface area contributed by atoms with E-state index in [1.807, 2.05) is 0 Å². The standard InChI is InChI=1S/C14H20BrFN2O/c1-19-11-3-2-6-14(8-11,9-17)18-10-4-5-13(16)12(15)7-10/h4-5,7,11,18H,2-3,6,8-9,17H2,1H3. The van der Waals surface area contributed by atoms with Crippen LogP contribution in [0.15, 0.2) is 22.7 Å². The molecule has 19 heavy (non-hydrogen) atoms. The highest BCUT2D eigenvalue weighted by molar-refractivity contribution is 9.10. The summed E-state index contributed by atoms with van der Waals surface area (Å²) in [7, 11) is 1.74. The molecule has 0 amide bonds. The Kier molecular flexibility index (Phi) is 4.81. The van der Waals surface area contributed by atoms with E-state index in [1.54, 1.807) is 19.2 Å². The molecule has 2 rings (SSSR count). The SMILES string of the molecule is COC1CCCC(CN)(Nc2ccc(F)c(Br)c2)C1. The fourth-order valence-electron chi connectivity index (χ4n) is 2.74. The number of rotatable bonds is 4. The second-order valence-electron chi connectivity index (χ2n) is 5.19. The number of halogens is 2. The molecule has 1 fully saturated rings. The third kappa shape index (κ3) is 3.46. The Bertz CT molecular complexity index is 443. The van der Waals surface area contributed by atoms with Gasteiger partial charge in [0.25, 0.3) is 0 Å². The van der Waals surface area contributed by atoms with Crippen LogP contribution in [0.25, 0.3) is 0 Å². The maximum absolute atomic E-state index is 13.3. The first kappa shape index (κ1) is 14.8. The Morgan fingerprint density at radius 2 is 2.37 bits per heavy atom. The van der Waals surface area contributed by atoms with Crippen molar-refractivity contribution in [2.24, 2.45) is 5.73 Å². The highest BCUT2D eigenvalue weighted by Crippen LogP contribution is 2.33. The van der Waals surface area contributed by atoms with Gasteiger partial charge in [-0.25, -0.2) is 4.39 Å². The van der Waals surface area contributed by atoms with E-state index in [1.165, 1.54) is 6.07 Å². The van der Waals surface area contributed by atoms with Crippen molar-refractivity contribution in [3.05, 3.63) is 28.5 Å². The van der Waals surface area contributed by atoms with E-state index >= 15 is 0 Å².